The summed E-state index contributed by atoms with van der Waals surface area (Å²) in [7, 11) is 0. The Balaban J connectivity index is 1.96. The van der Waals surface area contributed by atoms with Crippen molar-refractivity contribution in [1.82, 2.24) is 15.8 Å². The van der Waals surface area contributed by atoms with E-state index in [9.17, 15) is 4.79 Å². The molecule has 2 heterocycles. The molecule has 18 heavy (non-hydrogen) atoms. The van der Waals surface area contributed by atoms with Gasteiger partial charge in [0.05, 0.1) is 11.2 Å². The lowest BCUT2D eigenvalue weighted by molar-refractivity contribution is -0.128. The van der Waals surface area contributed by atoms with Crippen molar-refractivity contribution in [3.8, 4) is 0 Å². The monoisotopic (exact) mass is 251 g/mol. The van der Waals surface area contributed by atoms with Crippen LogP contribution >= 0.6 is 0 Å². The smallest absolute Gasteiger partial charge is 0.240 e. The molecule has 2 rings (SSSR count). The number of amides is 1. The van der Waals surface area contributed by atoms with Gasteiger partial charge in [0.25, 0.3) is 0 Å². The second-order valence-corrected chi connectivity index (χ2v) is 5.20. The van der Waals surface area contributed by atoms with E-state index in [2.05, 4.69) is 15.8 Å². The van der Waals surface area contributed by atoms with Gasteiger partial charge in [-0.15, -0.1) is 0 Å². The molecule has 0 spiro atoms. The topological polar surface area (TPSA) is 67.2 Å². The van der Waals surface area contributed by atoms with Gasteiger partial charge in [0.15, 0.2) is 0 Å². The van der Waals surface area contributed by atoms with Crippen molar-refractivity contribution in [3.05, 3.63) is 17.0 Å². The van der Waals surface area contributed by atoms with Crippen LogP contribution in [0.2, 0.25) is 0 Å². The van der Waals surface area contributed by atoms with Crippen LogP contribution in [-0.2, 0) is 11.3 Å². The van der Waals surface area contributed by atoms with Crippen LogP contribution < -0.4 is 10.6 Å². The summed E-state index contributed by atoms with van der Waals surface area (Å²) >= 11 is 0. The van der Waals surface area contributed by atoms with Crippen molar-refractivity contribution in [2.75, 3.05) is 6.54 Å². The third-order valence-electron chi connectivity index (χ3n) is 3.73. The molecule has 0 aliphatic carbocycles. The first-order valence-electron chi connectivity index (χ1n) is 6.48. The third kappa shape index (κ3) is 2.56. The predicted octanol–water partition coefficient (Wildman–Crippen LogP) is 1.44. The van der Waals surface area contributed by atoms with E-state index in [0.717, 1.165) is 42.8 Å². The third-order valence-corrected chi connectivity index (χ3v) is 3.73. The molecule has 1 aromatic heterocycles. The highest BCUT2D eigenvalue weighted by molar-refractivity contribution is 5.85. The second kappa shape index (κ2) is 5.10. The Morgan fingerprint density at radius 1 is 1.50 bits per heavy atom. The fourth-order valence-corrected chi connectivity index (χ4v) is 2.37. The van der Waals surface area contributed by atoms with E-state index in [-0.39, 0.29) is 5.91 Å². The maximum Gasteiger partial charge on any atom is 0.240 e. The average molecular weight is 251 g/mol. The van der Waals surface area contributed by atoms with E-state index in [0.29, 0.717) is 6.54 Å². The Morgan fingerprint density at radius 3 is 2.83 bits per heavy atom. The summed E-state index contributed by atoms with van der Waals surface area (Å²) in [5.74, 6) is 0.830. The van der Waals surface area contributed by atoms with Crippen molar-refractivity contribution in [1.29, 1.82) is 0 Å². The lowest BCUT2D eigenvalue weighted by Gasteiger charge is -2.33. The van der Waals surface area contributed by atoms with Crippen LogP contribution in [0.15, 0.2) is 4.52 Å². The molecule has 2 N–H and O–H groups in total. The summed E-state index contributed by atoms with van der Waals surface area (Å²) in [4.78, 5) is 12.2. The van der Waals surface area contributed by atoms with Crippen LogP contribution in [0.3, 0.4) is 0 Å². The number of aromatic nitrogens is 1. The molecule has 5 heteroatoms. The molecule has 1 amide bonds. The first-order valence-corrected chi connectivity index (χ1v) is 6.48. The van der Waals surface area contributed by atoms with Crippen LogP contribution in [0.25, 0.3) is 0 Å². The highest BCUT2D eigenvalue weighted by atomic mass is 16.5. The largest absolute Gasteiger partial charge is 0.361 e. The molecule has 1 aliphatic rings. The van der Waals surface area contributed by atoms with Crippen molar-refractivity contribution in [2.45, 2.75) is 52.1 Å². The van der Waals surface area contributed by atoms with Crippen molar-refractivity contribution in [3.63, 3.8) is 0 Å². The molecule has 1 atom stereocenters. The Morgan fingerprint density at radius 2 is 2.28 bits per heavy atom. The number of hydrogen-bond acceptors (Lipinski definition) is 4. The molecule has 0 saturated carbocycles. The number of carbonyl (C=O) groups excluding carboxylic acids is 1. The number of rotatable bonds is 3. The molecule has 1 unspecified atom stereocenters. The van der Waals surface area contributed by atoms with E-state index < -0.39 is 5.54 Å². The number of nitrogens with zero attached hydrogens (tertiary/aromatic N) is 1. The van der Waals surface area contributed by atoms with Gasteiger partial charge >= 0.3 is 0 Å². The number of piperidine rings is 1. The van der Waals surface area contributed by atoms with Gasteiger partial charge in [-0.25, -0.2) is 0 Å². The Labute approximate surface area is 107 Å². The van der Waals surface area contributed by atoms with Crippen molar-refractivity contribution in [2.24, 2.45) is 0 Å². The lowest BCUT2D eigenvalue weighted by atomic mass is 9.90. The number of nitrogens with one attached hydrogen (secondary N) is 2. The maximum absolute atomic E-state index is 12.2. The lowest BCUT2D eigenvalue weighted by Crippen LogP contribution is -2.56. The van der Waals surface area contributed by atoms with Crippen LogP contribution in [0, 0.1) is 13.8 Å². The predicted molar refractivity (Wildman–Crippen MR) is 68.1 cm³/mol. The van der Waals surface area contributed by atoms with Crippen LogP contribution in [0.5, 0.6) is 0 Å². The van der Waals surface area contributed by atoms with Crippen LogP contribution in [0.1, 0.15) is 43.2 Å². The summed E-state index contributed by atoms with van der Waals surface area (Å²) < 4.78 is 5.08. The van der Waals surface area contributed by atoms with Gasteiger partial charge in [-0.2, -0.15) is 0 Å². The first kappa shape index (κ1) is 13.1. The van der Waals surface area contributed by atoms with Gasteiger partial charge < -0.3 is 15.2 Å². The summed E-state index contributed by atoms with van der Waals surface area (Å²) in [6.07, 6.45) is 3.13. The van der Waals surface area contributed by atoms with Crippen molar-refractivity contribution < 1.29 is 9.32 Å². The van der Waals surface area contributed by atoms with Gasteiger partial charge in [0, 0.05) is 12.1 Å². The summed E-state index contributed by atoms with van der Waals surface area (Å²) in [5.41, 5.74) is 1.38. The first-order chi connectivity index (χ1) is 8.53. The summed E-state index contributed by atoms with van der Waals surface area (Å²) in [6, 6.07) is 0. The van der Waals surface area contributed by atoms with Gasteiger partial charge in [-0.1, -0.05) is 5.16 Å². The zero-order valence-corrected chi connectivity index (χ0v) is 11.3. The molecule has 0 aromatic carbocycles. The molecular weight excluding hydrogens is 230 g/mol. The summed E-state index contributed by atoms with van der Waals surface area (Å²) in [6.45, 7) is 7.11. The van der Waals surface area contributed by atoms with Gasteiger partial charge in [-0.3, -0.25) is 4.79 Å². The minimum Gasteiger partial charge on any atom is -0.361 e. The van der Waals surface area contributed by atoms with Crippen molar-refractivity contribution >= 4 is 5.91 Å². The quantitative estimate of drug-likeness (QED) is 0.853. The Hall–Kier alpha value is -1.36. The van der Waals surface area contributed by atoms with Gasteiger partial charge in [0.2, 0.25) is 5.91 Å². The standard InChI is InChI=1S/C13H21N3O2/c1-9-11(10(2)18-16-9)8-14-12(17)13(3)6-4-5-7-15-13/h15H,4-8H2,1-3H3,(H,14,17). The maximum atomic E-state index is 12.2. The highest BCUT2D eigenvalue weighted by Gasteiger charge is 2.34. The zero-order chi connectivity index (χ0) is 13.2. The highest BCUT2D eigenvalue weighted by Crippen LogP contribution is 2.19. The molecule has 100 valence electrons. The average Bonchev–Trinajstić information content (AvgIpc) is 2.67. The number of hydrogen-bond donors (Lipinski definition) is 2. The molecule has 1 fully saturated rings. The van der Waals surface area contributed by atoms with E-state index in [4.69, 9.17) is 4.52 Å². The molecular formula is C13H21N3O2. The van der Waals surface area contributed by atoms with E-state index >= 15 is 0 Å². The Bertz CT molecular complexity index is 414. The fourth-order valence-electron chi connectivity index (χ4n) is 2.37. The minimum atomic E-state index is -0.433. The molecule has 1 saturated heterocycles. The van der Waals surface area contributed by atoms with Gasteiger partial charge in [-0.05, 0) is 46.6 Å². The zero-order valence-electron chi connectivity index (χ0n) is 11.3. The molecule has 1 aliphatic heterocycles. The van der Waals surface area contributed by atoms with Crippen LogP contribution in [0.4, 0.5) is 0 Å². The number of carbonyl (C=O) groups is 1. The van der Waals surface area contributed by atoms with Gasteiger partial charge in [0.1, 0.15) is 5.76 Å². The van der Waals surface area contributed by atoms with E-state index in [1.807, 2.05) is 20.8 Å². The normalized spacial score (nSPS) is 23.9. The second-order valence-electron chi connectivity index (χ2n) is 5.20. The van der Waals surface area contributed by atoms with Crippen LogP contribution in [-0.4, -0.2) is 23.1 Å². The Kier molecular flexibility index (Phi) is 3.71. The van der Waals surface area contributed by atoms with E-state index in [1.165, 1.54) is 0 Å². The van der Waals surface area contributed by atoms with E-state index in [1.54, 1.807) is 0 Å². The minimum absolute atomic E-state index is 0.0576. The molecule has 0 bridgehead atoms. The number of aryl methyl sites for hydroxylation is 2. The molecule has 5 nitrogen and oxygen atoms in total. The molecule has 1 aromatic rings. The summed E-state index contributed by atoms with van der Waals surface area (Å²) in [5, 5.41) is 10.2. The molecule has 0 radical (unpaired) electrons. The fraction of sp³-hybridized carbons (Fsp3) is 0.692. The SMILES string of the molecule is Cc1noc(C)c1CNC(=O)C1(C)CCCCN1.